The molecule has 8 heteroatoms. The first kappa shape index (κ1) is 24.3. The number of halogens is 1. The zero-order valence-electron chi connectivity index (χ0n) is 20.2. The van der Waals surface area contributed by atoms with Gasteiger partial charge in [0, 0.05) is 41.1 Å². The van der Waals surface area contributed by atoms with Crippen molar-refractivity contribution in [2.24, 2.45) is 7.05 Å². The van der Waals surface area contributed by atoms with Crippen LogP contribution in [0.15, 0.2) is 71.8 Å². The van der Waals surface area contributed by atoms with Gasteiger partial charge in [0.15, 0.2) is 0 Å². The first-order valence-electron chi connectivity index (χ1n) is 11.6. The Morgan fingerprint density at radius 3 is 2.61 bits per heavy atom. The minimum absolute atomic E-state index is 0.180. The number of aryl methyl sites for hydroxylation is 2. The van der Waals surface area contributed by atoms with Crippen LogP contribution >= 0.6 is 23.4 Å². The lowest BCUT2D eigenvalue weighted by Crippen LogP contribution is -2.44. The predicted molar refractivity (Wildman–Crippen MR) is 145 cm³/mol. The van der Waals surface area contributed by atoms with Gasteiger partial charge in [-0.2, -0.15) is 0 Å². The number of rotatable bonds is 5. The van der Waals surface area contributed by atoms with Crippen molar-refractivity contribution < 1.29 is 14.3 Å². The number of hydrogen-bond acceptors (Lipinski definition) is 4. The van der Waals surface area contributed by atoms with Gasteiger partial charge in [-0.3, -0.25) is 14.5 Å². The van der Waals surface area contributed by atoms with Crippen molar-refractivity contribution >= 4 is 51.8 Å². The molecule has 1 aliphatic rings. The van der Waals surface area contributed by atoms with Crippen LogP contribution in [-0.2, 0) is 23.2 Å². The molecule has 2 heterocycles. The van der Waals surface area contributed by atoms with Crippen LogP contribution in [-0.4, -0.2) is 29.2 Å². The predicted octanol–water partition coefficient (Wildman–Crippen LogP) is 5.65. The number of nitrogens with zero attached hydrogens (tertiary/aromatic N) is 2. The molecule has 5 rings (SSSR count). The average Bonchev–Trinajstić information content (AvgIpc) is 3.07. The number of hydrogen-bond donors (Lipinski definition) is 1. The lowest BCUT2D eigenvalue weighted by Gasteiger charge is -2.31. The standard InChI is InChI=1S/C28H26ClN3O3S/c1-17-13-22(23(35-3)14-20(17)29)32-24(33)16-36-28-25(19-11-7-8-12-21(19)31(28)2)26(32)27(34)30-15-18-9-5-4-6-10-18/h4-14,26H,15-16H2,1-3H3,(H,30,34)/t26-/m0/s1. The number of aromatic nitrogens is 1. The monoisotopic (exact) mass is 519 g/mol. The summed E-state index contributed by atoms with van der Waals surface area (Å²) in [6.07, 6.45) is 0. The van der Waals surface area contributed by atoms with Gasteiger partial charge in [0.1, 0.15) is 11.8 Å². The molecule has 2 amide bonds. The number of benzene rings is 3. The summed E-state index contributed by atoms with van der Waals surface area (Å²) in [4.78, 5) is 29.3. The van der Waals surface area contributed by atoms with Crippen LogP contribution in [0.2, 0.25) is 5.02 Å². The number of carbonyl (C=O) groups is 2. The van der Waals surface area contributed by atoms with Gasteiger partial charge in [0.25, 0.3) is 0 Å². The highest BCUT2D eigenvalue weighted by Gasteiger charge is 2.40. The van der Waals surface area contributed by atoms with E-state index >= 15 is 0 Å². The highest BCUT2D eigenvalue weighted by atomic mass is 35.5. The van der Waals surface area contributed by atoms with Gasteiger partial charge in [-0.15, -0.1) is 0 Å². The second-order valence-electron chi connectivity index (χ2n) is 8.73. The summed E-state index contributed by atoms with van der Waals surface area (Å²) in [7, 11) is 3.51. The summed E-state index contributed by atoms with van der Waals surface area (Å²) in [5.41, 5.74) is 4.10. The fraction of sp³-hybridized carbons (Fsp3) is 0.214. The minimum atomic E-state index is -0.896. The molecule has 0 spiro atoms. The molecule has 1 aromatic heterocycles. The molecule has 36 heavy (non-hydrogen) atoms. The molecule has 184 valence electrons. The summed E-state index contributed by atoms with van der Waals surface area (Å²) < 4.78 is 7.70. The fourth-order valence-corrected chi connectivity index (χ4v) is 5.94. The number of thioether (sulfide) groups is 1. The van der Waals surface area contributed by atoms with Crippen LogP contribution in [0.4, 0.5) is 5.69 Å². The molecule has 1 N–H and O–H groups in total. The van der Waals surface area contributed by atoms with Gasteiger partial charge in [0.2, 0.25) is 11.8 Å². The third-order valence-corrected chi connectivity index (χ3v) is 8.07. The van der Waals surface area contributed by atoms with Crippen molar-refractivity contribution in [3.63, 3.8) is 0 Å². The maximum atomic E-state index is 14.0. The minimum Gasteiger partial charge on any atom is -0.495 e. The number of fused-ring (bicyclic) bond motifs is 3. The van der Waals surface area contributed by atoms with Gasteiger partial charge < -0.3 is 14.6 Å². The summed E-state index contributed by atoms with van der Waals surface area (Å²) in [6, 6.07) is 20.3. The Balaban J connectivity index is 1.70. The summed E-state index contributed by atoms with van der Waals surface area (Å²) in [5, 5.41) is 5.44. The van der Waals surface area contributed by atoms with Gasteiger partial charge in [-0.1, -0.05) is 71.9 Å². The Morgan fingerprint density at radius 1 is 1.14 bits per heavy atom. The van der Waals surface area contributed by atoms with E-state index in [2.05, 4.69) is 9.88 Å². The maximum Gasteiger partial charge on any atom is 0.248 e. The van der Waals surface area contributed by atoms with E-state index in [1.54, 1.807) is 11.0 Å². The Bertz CT molecular complexity index is 1470. The molecule has 4 aromatic rings. The Hall–Kier alpha value is -3.42. The molecule has 0 saturated heterocycles. The third kappa shape index (κ3) is 4.22. The van der Waals surface area contributed by atoms with E-state index in [1.165, 1.54) is 18.9 Å². The zero-order valence-corrected chi connectivity index (χ0v) is 21.8. The highest BCUT2D eigenvalue weighted by Crippen LogP contribution is 2.46. The van der Waals surface area contributed by atoms with Crippen molar-refractivity contribution in [3.8, 4) is 5.75 Å². The number of anilines is 1. The van der Waals surface area contributed by atoms with Gasteiger partial charge in [0.05, 0.1) is 23.6 Å². The number of amides is 2. The van der Waals surface area contributed by atoms with Crippen LogP contribution < -0.4 is 15.0 Å². The van der Waals surface area contributed by atoms with Gasteiger partial charge in [-0.25, -0.2) is 0 Å². The molecule has 3 aromatic carbocycles. The van der Waals surface area contributed by atoms with E-state index < -0.39 is 6.04 Å². The molecule has 0 bridgehead atoms. The molecule has 0 radical (unpaired) electrons. The molecule has 0 saturated carbocycles. The van der Waals surface area contributed by atoms with E-state index in [1.807, 2.05) is 74.6 Å². The normalized spacial score (nSPS) is 15.5. The Kier molecular flexibility index (Phi) is 6.69. The van der Waals surface area contributed by atoms with Crippen LogP contribution in [0.1, 0.15) is 22.7 Å². The summed E-state index contributed by atoms with van der Waals surface area (Å²) in [5.74, 6) is 0.181. The SMILES string of the molecule is COc1cc(Cl)c(C)cc1N1C(=O)CSc2c(c3ccccc3n2C)[C@H]1C(=O)NCc1ccccc1. The van der Waals surface area contributed by atoms with E-state index in [0.717, 1.165) is 32.6 Å². The van der Waals surface area contributed by atoms with E-state index in [-0.39, 0.29) is 17.6 Å². The zero-order chi connectivity index (χ0) is 25.4. The van der Waals surface area contributed by atoms with Gasteiger partial charge >= 0.3 is 0 Å². The van der Waals surface area contributed by atoms with Crippen molar-refractivity contribution in [3.05, 3.63) is 88.4 Å². The van der Waals surface area contributed by atoms with Crippen LogP contribution in [0, 0.1) is 6.92 Å². The highest BCUT2D eigenvalue weighted by molar-refractivity contribution is 8.00. The second kappa shape index (κ2) is 9.91. The largest absolute Gasteiger partial charge is 0.495 e. The fourth-order valence-electron chi connectivity index (χ4n) is 4.71. The topological polar surface area (TPSA) is 63.6 Å². The van der Waals surface area contributed by atoms with E-state index in [0.29, 0.717) is 23.0 Å². The molecular weight excluding hydrogens is 494 g/mol. The maximum absolute atomic E-state index is 14.0. The number of methoxy groups -OCH3 is 1. The molecule has 0 unspecified atom stereocenters. The summed E-state index contributed by atoms with van der Waals surface area (Å²) in [6.45, 7) is 2.22. The van der Waals surface area contributed by atoms with Crippen molar-refractivity contribution in [1.82, 2.24) is 9.88 Å². The van der Waals surface area contributed by atoms with Crippen molar-refractivity contribution in [2.75, 3.05) is 17.8 Å². The molecule has 0 aliphatic carbocycles. The average molecular weight is 520 g/mol. The number of ether oxygens (including phenoxy) is 1. The molecule has 1 aliphatic heterocycles. The van der Waals surface area contributed by atoms with Crippen LogP contribution in [0.25, 0.3) is 10.9 Å². The van der Waals surface area contributed by atoms with E-state index in [9.17, 15) is 9.59 Å². The molecule has 6 nitrogen and oxygen atoms in total. The third-order valence-electron chi connectivity index (χ3n) is 6.50. The molecule has 0 fully saturated rings. The smallest absolute Gasteiger partial charge is 0.248 e. The number of para-hydroxylation sites is 1. The molecule has 1 atom stereocenters. The Labute approximate surface area is 219 Å². The molecular formula is C28H26ClN3O3S. The lowest BCUT2D eigenvalue weighted by molar-refractivity contribution is -0.125. The number of carbonyl (C=O) groups excluding carboxylic acids is 2. The van der Waals surface area contributed by atoms with Crippen LogP contribution in [0.3, 0.4) is 0 Å². The summed E-state index contributed by atoms with van der Waals surface area (Å²) >= 11 is 7.83. The Morgan fingerprint density at radius 2 is 1.86 bits per heavy atom. The van der Waals surface area contributed by atoms with E-state index in [4.69, 9.17) is 16.3 Å². The first-order chi connectivity index (χ1) is 17.4. The second-order valence-corrected chi connectivity index (χ2v) is 10.1. The van der Waals surface area contributed by atoms with Crippen molar-refractivity contribution in [1.29, 1.82) is 0 Å². The first-order valence-corrected chi connectivity index (χ1v) is 12.9. The van der Waals surface area contributed by atoms with Crippen molar-refractivity contribution in [2.45, 2.75) is 24.5 Å². The van der Waals surface area contributed by atoms with Crippen LogP contribution in [0.5, 0.6) is 5.75 Å². The lowest BCUT2D eigenvalue weighted by atomic mass is 10.0. The van der Waals surface area contributed by atoms with Gasteiger partial charge in [-0.05, 0) is 30.2 Å². The number of nitrogens with one attached hydrogen (secondary N) is 1. The quantitative estimate of drug-likeness (QED) is 0.370.